The smallest absolute Gasteiger partial charge is 0.550 e. The Morgan fingerprint density at radius 1 is 1.29 bits per heavy atom. The van der Waals surface area contributed by atoms with Crippen LogP contribution in [0.25, 0.3) is 0 Å². The number of likely N-dealkylation sites (tertiary alicyclic amines) is 1. The molecule has 6 nitrogen and oxygen atoms in total. The average molecular weight is 324 g/mol. The number of amides is 1. The van der Waals surface area contributed by atoms with Crippen LogP contribution in [-0.2, 0) is 9.53 Å². The van der Waals surface area contributed by atoms with Gasteiger partial charge in [0.2, 0.25) is 0 Å². The number of rotatable bonds is 5. The number of hydrogen-bond acceptors (Lipinski definition) is 5. The Hall–Kier alpha value is 0.336. The van der Waals surface area contributed by atoms with E-state index >= 15 is 0 Å². The van der Waals surface area contributed by atoms with E-state index < -0.39 is 11.6 Å². The molecule has 1 heterocycles. The zero-order chi connectivity index (χ0) is 15.2. The van der Waals surface area contributed by atoms with Crippen LogP contribution < -0.4 is 61.8 Å². The summed E-state index contributed by atoms with van der Waals surface area (Å²) in [4.78, 5) is 24.2. The van der Waals surface area contributed by atoms with Gasteiger partial charge in [-0.3, -0.25) is 0 Å². The van der Waals surface area contributed by atoms with Gasteiger partial charge in [-0.15, -0.1) is 0 Å². The van der Waals surface area contributed by atoms with Crippen molar-refractivity contribution in [1.82, 2.24) is 10.2 Å². The van der Waals surface area contributed by atoms with Crippen molar-refractivity contribution in [2.45, 2.75) is 58.1 Å². The van der Waals surface area contributed by atoms with Crippen LogP contribution >= 0.6 is 0 Å². The molecule has 21 heavy (non-hydrogen) atoms. The molecular weight excluding hydrogens is 299 g/mol. The number of aliphatic carboxylic acids is 1. The maximum Gasteiger partial charge on any atom is 1.00 e. The van der Waals surface area contributed by atoms with E-state index in [-0.39, 0.29) is 69.9 Å². The van der Waals surface area contributed by atoms with Crippen LogP contribution in [-0.4, -0.2) is 48.2 Å². The van der Waals surface area contributed by atoms with Gasteiger partial charge in [-0.05, 0) is 53.0 Å². The molecule has 116 valence electrons. The third-order valence-electron chi connectivity index (χ3n) is 3.16. The van der Waals surface area contributed by atoms with Crippen molar-refractivity contribution >= 4 is 12.1 Å². The minimum atomic E-state index is -0.994. The number of nitrogens with one attached hydrogen (secondary N) is 1. The molecule has 1 saturated heterocycles. The van der Waals surface area contributed by atoms with Gasteiger partial charge >= 0.3 is 57.5 Å². The molecule has 0 bridgehead atoms. The minimum Gasteiger partial charge on any atom is -0.550 e. The largest absolute Gasteiger partial charge is 1.00 e. The first-order valence-corrected chi connectivity index (χ1v) is 7.18. The second kappa shape index (κ2) is 10.2. The number of carbonyl (C=O) groups is 2. The Labute approximate surface area is 169 Å². The van der Waals surface area contributed by atoms with E-state index in [2.05, 4.69) is 10.2 Å². The molecule has 0 atom stereocenters. The SMILES string of the molecule is CC(C)(C)OC(=O)NC1CCN(CCCC(=O)[O-])CC1.[K+]. The van der Waals surface area contributed by atoms with Gasteiger partial charge in [0.25, 0.3) is 0 Å². The molecule has 1 rings (SSSR count). The van der Waals surface area contributed by atoms with E-state index in [1.807, 2.05) is 20.8 Å². The third-order valence-corrected chi connectivity index (χ3v) is 3.16. The molecule has 1 amide bonds. The van der Waals surface area contributed by atoms with Gasteiger partial charge in [0, 0.05) is 25.1 Å². The van der Waals surface area contributed by atoms with E-state index in [0.717, 1.165) is 32.5 Å². The second-order valence-corrected chi connectivity index (χ2v) is 6.24. The van der Waals surface area contributed by atoms with Gasteiger partial charge < -0.3 is 24.9 Å². The van der Waals surface area contributed by atoms with Crippen LogP contribution in [0.2, 0.25) is 0 Å². The van der Waals surface area contributed by atoms with Crippen LogP contribution in [0.15, 0.2) is 0 Å². The summed E-state index contributed by atoms with van der Waals surface area (Å²) in [6.45, 7) is 8.03. The monoisotopic (exact) mass is 324 g/mol. The van der Waals surface area contributed by atoms with Gasteiger partial charge in [0.15, 0.2) is 0 Å². The summed E-state index contributed by atoms with van der Waals surface area (Å²) in [5, 5.41) is 13.2. The molecule has 0 radical (unpaired) electrons. The summed E-state index contributed by atoms with van der Waals surface area (Å²) in [5.74, 6) is -0.994. The standard InChI is InChI=1S/C14H26N2O4.K/c1-14(2,3)20-13(19)15-11-6-9-16(10-7-11)8-4-5-12(17)18;/h11H,4-10H2,1-3H3,(H,15,19)(H,17,18);/q;+1/p-1. The van der Waals surface area contributed by atoms with Crippen LogP contribution in [0.5, 0.6) is 0 Å². The number of ether oxygens (including phenoxy) is 1. The fourth-order valence-electron chi connectivity index (χ4n) is 2.22. The number of carboxylic acid groups (broad SMARTS) is 1. The zero-order valence-corrected chi connectivity index (χ0v) is 16.7. The molecule has 1 fully saturated rings. The Balaban J connectivity index is 0.00000400. The first kappa shape index (κ1) is 21.3. The Morgan fingerprint density at radius 2 is 1.86 bits per heavy atom. The number of carbonyl (C=O) groups excluding carboxylic acids is 2. The minimum absolute atomic E-state index is 0. The maximum absolute atomic E-state index is 11.6. The molecule has 1 aliphatic heterocycles. The fraction of sp³-hybridized carbons (Fsp3) is 0.857. The normalized spacial score (nSPS) is 16.9. The van der Waals surface area contributed by atoms with Crippen molar-refractivity contribution in [2.75, 3.05) is 19.6 Å². The van der Waals surface area contributed by atoms with Crippen molar-refractivity contribution in [3.05, 3.63) is 0 Å². The predicted octanol–water partition coefficient (Wildman–Crippen LogP) is -2.49. The predicted molar refractivity (Wildman–Crippen MR) is 73.1 cm³/mol. The van der Waals surface area contributed by atoms with Crippen molar-refractivity contribution in [3.63, 3.8) is 0 Å². The van der Waals surface area contributed by atoms with Crippen molar-refractivity contribution in [2.24, 2.45) is 0 Å². The average Bonchev–Trinajstić information content (AvgIpc) is 2.28. The third kappa shape index (κ3) is 10.7. The summed E-state index contributed by atoms with van der Waals surface area (Å²) in [6, 6.07) is 0.141. The number of nitrogens with zero attached hydrogens (tertiary/aromatic N) is 1. The fourth-order valence-corrected chi connectivity index (χ4v) is 2.22. The van der Waals surface area contributed by atoms with Gasteiger partial charge in [-0.25, -0.2) is 4.79 Å². The maximum atomic E-state index is 11.6. The van der Waals surface area contributed by atoms with Crippen LogP contribution in [0.3, 0.4) is 0 Å². The van der Waals surface area contributed by atoms with Gasteiger partial charge in [-0.1, -0.05) is 0 Å². The Bertz CT molecular complexity index is 336. The van der Waals surface area contributed by atoms with Gasteiger partial charge in [-0.2, -0.15) is 0 Å². The first-order chi connectivity index (χ1) is 9.26. The van der Waals surface area contributed by atoms with Gasteiger partial charge in [0.05, 0.1) is 0 Å². The molecule has 0 aromatic carbocycles. The Kier molecular flexibility index (Phi) is 10.3. The summed E-state index contributed by atoms with van der Waals surface area (Å²) >= 11 is 0. The van der Waals surface area contributed by atoms with E-state index in [1.54, 1.807) is 0 Å². The zero-order valence-electron chi connectivity index (χ0n) is 13.6. The molecule has 0 aromatic heterocycles. The molecule has 0 saturated carbocycles. The number of carboxylic acids is 1. The number of alkyl carbamates (subject to hydrolysis) is 1. The molecule has 1 aliphatic rings. The molecule has 0 aromatic rings. The van der Waals surface area contributed by atoms with Gasteiger partial charge in [0.1, 0.15) is 5.60 Å². The van der Waals surface area contributed by atoms with E-state index in [4.69, 9.17) is 4.74 Å². The van der Waals surface area contributed by atoms with E-state index in [9.17, 15) is 14.7 Å². The van der Waals surface area contributed by atoms with Crippen molar-refractivity contribution in [3.8, 4) is 0 Å². The van der Waals surface area contributed by atoms with Crippen LogP contribution in [0.4, 0.5) is 4.79 Å². The first-order valence-electron chi connectivity index (χ1n) is 7.18. The van der Waals surface area contributed by atoms with E-state index in [1.165, 1.54) is 0 Å². The summed E-state index contributed by atoms with van der Waals surface area (Å²) in [6.07, 6.45) is 2.09. The summed E-state index contributed by atoms with van der Waals surface area (Å²) < 4.78 is 5.22. The molecule has 0 spiro atoms. The molecule has 1 N–H and O–H groups in total. The Morgan fingerprint density at radius 3 is 2.33 bits per heavy atom. The molecule has 0 unspecified atom stereocenters. The van der Waals surface area contributed by atoms with Crippen molar-refractivity contribution in [1.29, 1.82) is 0 Å². The summed E-state index contributed by atoms with van der Waals surface area (Å²) in [5.41, 5.74) is -0.477. The summed E-state index contributed by atoms with van der Waals surface area (Å²) in [7, 11) is 0. The number of piperidine rings is 1. The van der Waals surface area contributed by atoms with Crippen molar-refractivity contribution < 1.29 is 70.8 Å². The number of hydrogen-bond donors (Lipinski definition) is 1. The molecular formula is C14H25KN2O4. The van der Waals surface area contributed by atoms with Crippen LogP contribution in [0.1, 0.15) is 46.5 Å². The van der Waals surface area contributed by atoms with E-state index in [0.29, 0.717) is 6.42 Å². The molecule has 7 heteroatoms. The quantitative estimate of drug-likeness (QED) is 0.566. The van der Waals surface area contributed by atoms with Crippen LogP contribution in [0, 0.1) is 0 Å². The topological polar surface area (TPSA) is 81.7 Å². The second-order valence-electron chi connectivity index (χ2n) is 6.24. The molecule has 0 aliphatic carbocycles.